The van der Waals surface area contributed by atoms with E-state index >= 15 is 0 Å². The van der Waals surface area contributed by atoms with Crippen molar-refractivity contribution in [3.8, 4) is 5.75 Å². The number of carbonyl (C=O) groups excluding carboxylic acids is 1. The van der Waals surface area contributed by atoms with E-state index in [0.717, 1.165) is 11.3 Å². The van der Waals surface area contributed by atoms with Crippen LogP contribution < -0.4 is 15.8 Å². The van der Waals surface area contributed by atoms with Crippen LogP contribution in [0.25, 0.3) is 0 Å². The summed E-state index contributed by atoms with van der Waals surface area (Å²) >= 11 is 0. The first-order valence-corrected chi connectivity index (χ1v) is 6.43. The van der Waals surface area contributed by atoms with Gasteiger partial charge < -0.3 is 15.8 Å². The van der Waals surface area contributed by atoms with Crippen molar-refractivity contribution >= 4 is 5.91 Å². The van der Waals surface area contributed by atoms with Gasteiger partial charge in [0.25, 0.3) is 5.91 Å². The molecule has 0 spiro atoms. The number of hydrogen-bond donors (Lipinski definition) is 2. The first kappa shape index (κ1) is 14.1. The molecule has 0 saturated carbocycles. The molecule has 1 unspecified atom stereocenters. The smallest absolute Gasteiger partial charge is 0.251 e. The molecular weight excluding hydrogens is 252 g/mol. The molecule has 0 aliphatic rings. The Kier molecular flexibility index (Phi) is 4.74. The lowest BCUT2D eigenvalue weighted by molar-refractivity contribution is 0.0951. The third kappa shape index (κ3) is 3.59. The quantitative estimate of drug-likeness (QED) is 0.874. The third-order valence-electron chi connectivity index (χ3n) is 3.06. The number of hydrogen-bond acceptors (Lipinski definition) is 3. The van der Waals surface area contributed by atoms with E-state index in [0.29, 0.717) is 12.1 Å². The van der Waals surface area contributed by atoms with Gasteiger partial charge >= 0.3 is 0 Å². The first-order valence-electron chi connectivity index (χ1n) is 6.43. The number of nitrogens with one attached hydrogen (secondary N) is 1. The van der Waals surface area contributed by atoms with E-state index in [-0.39, 0.29) is 11.9 Å². The number of ether oxygens (including phenoxy) is 1. The largest absolute Gasteiger partial charge is 0.497 e. The van der Waals surface area contributed by atoms with Crippen LogP contribution >= 0.6 is 0 Å². The molecule has 0 fully saturated rings. The minimum absolute atomic E-state index is 0.140. The van der Waals surface area contributed by atoms with Crippen LogP contribution in [0.5, 0.6) is 5.75 Å². The first-order chi connectivity index (χ1) is 9.70. The lowest BCUT2D eigenvalue weighted by Crippen LogP contribution is -2.31. The summed E-state index contributed by atoms with van der Waals surface area (Å²) in [6.45, 7) is 0.398. The minimum Gasteiger partial charge on any atom is -0.497 e. The van der Waals surface area contributed by atoms with Crippen LogP contribution in [-0.2, 0) is 0 Å². The van der Waals surface area contributed by atoms with Crippen molar-refractivity contribution in [1.29, 1.82) is 0 Å². The zero-order chi connectivity index (χ0) is 14.4. The van der Waals surface area contributed by atoms with Gasteiger partial charge in [-0.15, -0.1) is 0 Å². The van der Waals surface area contributed by atoms with Gasteiger partial charge in [0.1, 0.15) is 5.75 Å². The maximum absolute atomic E-state index is 12.0. The highest BCUT2D eigenvalue weighted by Gasteiger charge is 2.09. The molecule has 0 heterocycles. The molecule has 3 N–H and O–H groups in total. The molecule has 0 radical (unpaired) electrons. The number of amides is 1. The maximum atomic E-state index is 12.0. The van der Waals surface area contributed by atoms with Crippen LogP contribution in [0.4, 0.5) is 0 Å². The Labute approximate surface area is 118 Å². The van der Waals surface area contributed by atoms with Gasteiger partial charge in [0.2, 0.25) is 0 Å². The highest BCUT2D eigenvalue weighted by molar-refractivity contribution is 5.94. The lowest BCUT2D eigenvalue weighted by Gasteiger charge is -2.13. The average Bonchev–Trinajstić information content (AvgIpc) is 2.53. The van der Waals surface area contributed by atoms with Crippen molar-refractivity contribution in [2.45, 2.75) is 6.04 Å². The van der Waals surface area contributed by atoms with Crippen LogP contribution in [0.15, 0.2) is 54.6 Å². The maximum Gasteiger partial charge on any atom is 0.251 e. The zero-order valence-corrected chi connectivity index (χ0v) is 11.4. The van der Waals surface area contributed by atoms with Crippen molar-refractivity contribution in [2.75, 3.05) is 13.7 Å². The summed E-state index contributed by atoms with van der Waals surface area (Å²) in [6.07, 6.45) is 0. The number of carbonyl (C=O) groups is 1. The Morgan fingerprint density at radius 3 is 2.40 bits per heavy atom. The Bertz CT molecular complexity index is 552. The van der Waals surface area contributed by atoms with Gasteiger partial charge in [-0.2, -0.15) is 0 Å². The molecular formula is C16H18N2O2. The normalized spacial score (nSPS) is 11.7. The summed E-state index contributed by atoms with van der Waals surface area (Å²) in [5.74, 6) is 0.585. The fraction of sp³-hybridized carbons (Fsp3) is 0.188. The molecule has 0 aromatic heterocycles. The molecule has 0 bridgehead atoms. The summed E-state index contributed by atoms with van der Waals surface area (Å²) in [4.78, 5) is 12.0. The summed E-state index contributed by atoms with van der Waals surface area (Å²) in [6, 6.07) is 16.4. The second kappa shape index (κ2) is 6.73. The minimum atomic E-state index is -0.210. The molecule has 0 aliphatic heterocycles. The summed E-state index contributed by atoms with van der Waals surface area (Å²) in [7, 11) is 1.59. The van der Waals surface area contributed by atoms with Gasteiger partial charge in [0, 0.05) is 18.2 Å². The second-order valence-electron chi connectivity index (χ2n) is 4.46. The third-order valence-corrected chi connectivity index (χ3v) is 3.06. The summed E-state index contributed by atoms with van der Waals surface area (Å²) in [5, 5.41) is 2.83. The van der Waals surface area contributed by atoms with Crippen LogP contribution in [0.1, 0.15) is 22.0 Å². The highest BCUT2D eigenvalue weighted by Crippen LogP contribution is 2.12. The van der Waals surface area contributed by atoms with E-state index in [2.05, 4.69) is 5.32 Å². The number of methoxy groups -OCH3 is 1. The molecule has 20 heavy (non-hydrogen) atoms. The molecule has 4 heteroatoms. The zero-order valence-electron chi connectivity index (χ0n) is 11.4. The summed E-state index contributed by atoms with van der Waals surface area (Å²) < 4.78 is 5.05. The van der Waals surface area contributed by atoms with Crippen LogP contribution in [0.3, 0.4) is 0 Å². The Morgan fingerprint density at radius 1 is 1.15 bits per heavy atom. The molecule has 1 amide bonds. The van der Waals surface area contributed by atoms with Crippen LogP contribution in [0.2, 0.25) is 0 Å². The van der Waals surface area contributed by atoms with Gasteiger partial charge in [-0.25, -0.2) is 0 Å². The predicted octanol–water partition coefficient (Wildman–Crippen LogP) is 2.12. The van der Waals surface area contributed by atoms with Gasteiger partial charge in [-0.05, 0) is 29.8 Å². The van der Waals surface area contributed by atoms with Crippen LogP contribution in [-0.4, -0.2) is 19.6 Å². The highest BCUT2D eigenvalue weighted by atomic mass is 16.5. The molecule has 0 saturated heterocycles. The van der Waals surface area contributed by atoms with Gasteiger partial charge in [-0.1, -0.05) is 30.3 Å². The van der Waals surface area contributed by atoms with Gasteiger partial charge in [-0.3, -0.25) is 4.79 Å². The average molecular weight is 270 g/mol. The molecule has 2 aromatic rings. The predicted molar refractivity (Wildman–Crippen MR) is 78.7 cm³/mol. The van der Waals surface area contributed by atoms with E-state index in [1.165, 1.54) is 0 Å². The SMILES string of the molecule is COc1ccc(C(=O)NCC(N)c2ccccc2)cc1. The molecule has 1 atom stereocenters. The second-order valence-corrected chi connectivity index (χ2v) is 4.46. The van der Waals surface area contributed by atoms with Crippen LogP contribution in [0, 0.1) is 0 Å². The number of rotatable bonds is 5. The molecule has 104 valence electrons. The van der Waals surface area contributed by atoms with Crippen molar-refractivity contribution in [2.24, 2.45) is 5.73 Å². The van der Waals surface area contributed by atoms with Gasteiger partial charge in [0.05, 0.1) is 7.11 Å². The Balaban J connectivity index is 1.91. The van der Waals surface area contributed by atoms with E-state index in [9.17, 15) is 4.79 Å². The lowest BCUT2D eigenvalue weighted by atomic mass is 10.1. The molecule has 2 rings (SSSR count). The van der Waals surface area contributed by atoms with Crippen molar-refractivity contribution in [3.63, 3.8) is 0 Å². The van der Waals surface area contributed by atoms with Crippen molar-refractivity contribution in [3.05, 3.63) is 65.7 Å². The summed E-state index contributed by atoms with van der Waals surface area (Å²) in [5.41, 5.74) is 7.62. The van der Waals surface area contributed by atoms with E-state index < -0.39 is 0 Å². The Morgan fingerprint density at radius 2 is 1.80 bits per heavy atom. The van der Waals surface area contributed by atoms with Crippen molar-refractivity contribution in [1.82, 2.24) is 5.32 Å². The Hall–Kier alpha value is -2.33. The number of benzene rings is 2. The topological polar surface area (TPSA) is 64.3 Å². The fourth-order valence-corrected chi connectivity index (χ4v) is 1.87. The fourth-order valence-electron chi connectivity index (χ4n) is 1.87. The molecule has 0 aliphatic carbocycles. The van der Waals surface area contributed by atoms with E-state index in [4.69, 9.17) is 10.5 Å². The standard InChI is InChI=1S/C16H18N2O2/c1-20-14-9-7-13(8-10-14)16(19)18-11-15(17)12-5-3-2-4-6-12/h2-10,15H,11,17H2,1H3,(H,18,19). The monoisotopic (exact) mass is 270 g/mol. The molecule has 4 nitrogen and oxygen atoms in total. The number of nitrogens with two attached hydrogens (primary N) is 1. The van der Waals surface area contributed by atoms with Crippen molar-refractivity contribution < 1.29 is 9.53 Å². The van der Waals surface area contributed by atoms with Gasteiger partial charge in [0.15, 0.2) is 0 Å². The van der Waals surface area contributed by atoms with E-state index in [1.54, 1.807) is 31.4 Å². The van der Waals surface area contributed by atoms with E-state index in [1.807, 2.05) is 30.3 Å². The molecule has 2 aromatic carbocycles.